The third-order valence-electron chi connectivity index (χ3n) is 6.78. The van der Waals surface area contributed by atoms with Crippen LogP contribution >= 0.6 is 0 Å². The predicted octanol–water partition coefficient (Wildman–Crippen LogP) is 4.12. The average Bonchev–Trinajstić information content (AvgIpc) is 3.35. The molecule has 7 nitrogen and oxygen atoms in total. The van der Waals surface area contributed by atoms with E-state index in [-0.39, 0.29) is 17.9 Å². The van der Waals surface area contributed by atoms with E-state index < -0.39 is 0 Å². The van der Waals surface area contributed by atoms with Crippen molar-refractivity contribution in [2.45, 2.75) is 39.2 Å². The Morgan fingerprint density at radius 2 is 1.65 bits per heavy atom. The highest BCUT2D eigenvalue weighted by molar-refractivity contribution is 5.80. The van der Waals surface area contributed by atoms with Crippen molar-refractivity contribution in [2.24, 2.45) is 5.92 Å². The van der Waals surface area contributed by atoms with Crippen molar-refractivity contribution in [3.05, 3.63) is 89.4 Å². The largest absolute Gasteiger partial charge is 0.356 e. The number of nitrogens with one attached hydrogen (secondary N) is 1. The first kappa shape index (κ1) is 22.1. The highest BCUT2D eigenvalue weighted by Gasteiger charge is 2.30. The molecule has 7 heteroatoms. The first-order chi connectivity index (χ1) is 16.7. The maximum Gasteiger partial charge on any atom is 0.254 e. The van der Waals surface area contributed by atoms with Gasteiger partial charge in [0.2, 0.25) is 5.91 Å². The van der Waals surface area contributed by atoms with E-state index in [0.29, 0.717) is 5.78 Å². The van der Waals surface area contributed by atoms with Crippen molar-refractivity contribution >= 4 is 17.5 Å². The lowest BCUT2D eigenvalue weighted by molar-refractivity contribution is -0.126. The van der Waals surface area contributed by atoms with Gasteiger partial charge < -0.3 is 10.2 Å². The summed E-state index contributed by atoms with van der Waals surface area (Å²) in [6.45, 7) is 5.77. The molecule has 1 aliphatic rings. The van der Waals surface area contributed by atoms with Gasteiger partial charge in [-0.25, -0.2) is 4.98 Å². The van der Waals surface area contributed by atoms with Gasteiger partial charge in [0.25, 0.3) is 5.78 Å². The van der Waals surface area contributed by atoms with Gasteiger partial charge in [-0.15, -0.1) is 0 Å². The summed E-state index contributed by atoms with van der Waals surface area (Å²) in [5, 5.41) is 7.76. The van der Waals surface area contributed by atoms with Gasteiger partial charge in [-0.3, -0.25) is 4.79 Å². The van der Waals surface area contributed by atoms with Crippen LogP contribution in [0.4, 0.5) is 5.82 Å². The van der Waals surface area contributed by atoms with Crippen LogP contribution in [-0.2, 0) is 11.2 Å². The molecular weight excluding hydrogens is 424 g/mol. The Hall–Kier alpha value is -3.74. The molecule has 1 fully saturated rings. The fraction of sp³-hybridized carbons (Fsp3) is 0.333. The maximum absolute atomic E-state index is 13.4. The molecule has 0 bridgehead atoms. The summed E-state index contributed by atoms with van der Waals surface area (Å²) in [6, 6.07) is 20.2. The standard InChI is InChI=1S/C27H30N6O/c1-3-23-19(2)30-27-28-18-29-33(27)26(23)32-16-14-22(15-17-32)25(34)31-24(20-10-6-4-7-11-20)21-12-8-5-9-13-21/h4-13,18,22,24H,3,14-17H2,1-2H3,(H,31,34). The molecule has 1 N–H and O–H groups in total. The summed E-state index contributed by atoms with van der Waals surface area (Å²) >= 11 is 0. The SMILES string of the molecule is CCc1c(C)nc2ncnn2c1N1CCC(C(=O)NC(c2ccccc2)c2ccccc2)CC1. The minimum Gasteiger partial charge on any atom is -0.356 e. The van der Waals surface area contributed by atoms with Crippen LogP contribution in [0, 0.1) is 12.8 Å². The summed E-state index contributed by atoms with van der Waals surface area (Å²) in [5.74, 6) is 1.78. The molecule has 4 aromatic rings. The van der Waals surface area contributed by atoms with Crippen molar-refractivity contribution in [3.8, 4) is 0 Å². The summed E-state index contributed by atoms with van der Waals surface area (Å²) in [7, 11) is 0. The van der Waals surface area contributed by atoms with Gasteiger partial charge in [0.1, 0.15) is 12.1 Å². The highest BCUT2D eigenvalue weighted by atomic mass is 16.2. The molecule has 1 saturated heterocycles. The Bertz CT molecular complexity index is 1220. The molecule has 0 saturated carbocycles. The zero-order chi connectivity index (χ0) is 23.5. The van der Waals surface area contributed by atoms with Crippen LogP contribution in [0.2, 0.25) is 0 Å². The Morgan fingerprint density at radius 1 is 1.03 bits per heavy atom. The molecule has 0 radical (unpaired) electrons. The normalized spacial score (nSPS) is 14.6. The molecule has 0 atom stereocenters. The third kappa shape index (κ3) is 4.25. The number of anilines is 1. The van der Waals surface area contributed by atoms with Gasteiger partial charge in [-0.2, -0.15) is 14.6 Å². The summed E-state index contributed by atoms with van der Waals surface area (Å²) in [4.78, 5) is 24.6. The van der Waals surface area contributed by atoms with Gasteiger partial charge in [0.15, 0.2) is 0 Å². The fourth-order valence-corrected chi connectivity index (χ4v) is 4.97. The molecule has 1 aliphatic heterocycles. The van der Waals surface area contributed by atoms with Crippen molar-refractivity contribution < 1.29 is 4.79 Å². The summed E-state index contributed by atoms with van der Waals surface area (Å²) in [6.07, 6.45) is 4.02. The number of carbonyl (C=O) groups is 1. The zero-order valence-corrected chi connectivity index (χ0v) is 19.7. The van der Waals surface area contributed by atoms with E-state index in [4.69, 9.17) is 0 Å². The third-order valence-corrected chi connectivity index (χ3v) is 6.78. The zero-order valence-electron chi connectivity index (χ0n) is 19.7. The van der Waals surface area contributed by atoms with E-state index in [2.05, 4.69) is 56.5 Å². The second-order valence-corrected chi connectivity index (χ2v) is 8.85. The van der Waals surface area contributed by atoms with Crippen molar-refractivity contribution in [3.63, 3.8) is 0 Å². The van der Waals surface area contributed by atoms with E-state index in [0.717, 1.165) is 55.0 Å². The Kier molecular flexibility index (Phi) is 6.25. The molecule has 3 heterocycles. The lowest BCUT2D eigenvalue weighted by atomic mass is 9.93. The average molecular weight is 455 g/mol. The summed E-state index contributed by atoms with van der Waals surface area (Å²) in [5.41, 5.74) is 4.36. The number of fused-ring (bicyclic) bond motifs is 1. The molecular formula is C27H30N6O. The maximum atomic E-state index is 13.4. The quantitative estimate of drug-likeness (QED) is 0.474. The molecule has 0 spiro atoms. The number of hydrogen-bond acceptors (Lipinski definition) is 5. The number of amides is 1. The van der Waals surface area contributed by atoms with Crippen LogP contribution in [0.15, 0.2) is 67.0 Å². The molecule has 34 heavy (non-hydrogen) atoms. The van der Waals surface area contributed by atoms with E-state index in [1.54, 1.807) is 6.33 Å². The molecule has 2 aromatic carbocycles. The van der Waals surface area contributed by atoms with E-state index in [1.807, 2.05) is 47.8 Å². The number of piperidine rings is 1. The fourth-order valence-electron chi connectivity index (χ4n) is 4.97. The number of rotatable bonds is 6. The number of aromatic nitrogens is 4. The number of hydrogen-bond donors (Lipinski definition) is 1. The van der Waals surface area contributed by atoms with Crippen LogP contribution < -0.4 is 10.2 Å². The molecule has 2 aromatic heterocycles. The number of benzene rings is 2. The molecule has 174 valence electrons. The first-order valence-electron chi connectivity index (χ1n) is 12.0. The van der Waals surface area contributed by atoms with Crippen molar-refractivity contribution in [2.75, 3.05) is 18.0 Å². The van der Waals surface area contributed by atoms with Gasteiger partial charge in [0, 0.05) is 30.3 Å². The van der Waals surface area contributed by atoms with Crippen LogP contribution in [0.3, 0.4) is 0 Å². The van der Waals surface area contributed by atoms with Crippen molar-refractivity contribution in [1.82, 2.24) is 24.9 Å². The van der Waals surface area contributed by atoms with Crippen molar-refractivity contribution in [1.29, 1.82) is 0 Å². The van der Waals surface area contributed by atoms with E-state index in [9.17, 15) is 4.79 Å². The van der Waals surface area contributed by atoms with E-state index >= 15 is 0 Å². The first-order valence-corrected chi connectivity index (χ1v) is 12.0. The number of carbonyl (C=O) groups excluding carboxylic acids is 1. The van der Waals surface area contributed by atoms with Crippen LogP contribution in [-0.4, -0.2) is 38.6 Å². The Balaban J connectivity index is 1.33. The molecule has 0 aliphatic carbocycles. The van der Waals surface area contributed by atoms with Crippen LogP contribution in [0.1, 0.15) is 48.2 Å². The van der Waals surface area contributed by atoms with E-state index in [1.165, 1.54) is 5.56 Å². The second kappa shape index (κ2) is 9.63. The van der Waals surface area contributed by atoms with Gasteiger partial charge in [-0.1, -0.05) is 67.6 Å². The van der Waals surface area contributed by atoms with Crippen LogP contribution in [0.5, 0.6) is 0 Å². The predicted molar refractivity (Wildman–Crippen MR) is 133 cm³/mol. The van der Waals surface area contributed by atoms with Gasteiger partial charge in [0.05, 0.1) is 6.04 Å². The summed E-state index contributed by atoms with van der Waals surface area (Å²) < 4.78 is 1.84. The lowest BCUT2D eigenvalue weighted by Gasteiger charge is -2.35. The number of aryl methyl sites for hydroxylation is 1. The highest BCUT2D eigenvalue weighted by Crippen LogP contribution is 2.29. The van der Waals surface area contributed by atoms with Gasteiger partial charge in [-0.05, 0) is 37.3 Å². The van der Waals surface area contributed by atoms with Crippen LogP contribution in [0.25, 0.3) is 5.78 Å². The molecule has 1 amide bonds. The Morgan fingerprint density at radius 3 is 2.24 bits per heavy atom. The minimum atomic E-state index is -0.155. The second-order valence-electron chi connectivity index (χ2n) is 8.85. The molecule has 5 rings (SSSR count). The number of nitrogens with zero attached hydrogens (tertiary/aromatic N) is 5. The smallest absolute Gasteiger partial charge is 0.254 e. The lowest BCUT2D eigenvalue weighted by Crippen LogP contribution is -2.42. The Labute approximate surface area is 199 Å². The monoisotopic (exact) mass is 454 g/mol. The van der Waals surface area contributed by atoms with Gasteiger partial charge >= 0.3 is 0 Å². The molecule has 0 unspecified atom stereocenters. The topological polar surface area (TPSA) is 75.4 Å². The minimum absolute atomic E-state index is 0.0228.